The number of alkyl halides is 3. The summed E-state index contributed by atoms with van der Waals surface area (Å²) in [5, 5.41) is 0. The molecule has 4 aliphatic rings. The van der Waals surface area contributed by atoms with E-state index in [0.717, 1.165) is 31.5 Å². The lowest BCUT2D eigenvalue weighted by molar-refractivity contribution is -0.195. The molecule has 0 radical (unpaired) electrons. The lowest BCUT2D eigenvalue weighted by Crippen LogP contribution is -2.78. The van der Waals surface area contributed by atoms with Gasteiger partial charge in [0.15, 0.2) is 0 Å². The molecule has 3 aliphatic carbocycles. The van der Waals surface area contributed by atoms with Gasteiger partial charge in [-0.15, -0.1) is 0 Å². The van der Waals surface area contributed by atoms with Crippen molar-refractivity contribution in [3.05, 3.63) is 59.7 Å². The molecule has 0 spiro atoms. The fourth-order valence-electron chi connectivity index (χ4n) is 5.38. The predicted octanol–water partition coefficient (Wildman–Crippen LogP) is 3.60. The average Bonchev–Trinajstić information content (AvgIpc) is 2.62. The van der Waals surface area contributed by atoms with Gasteiger partial charge in [-0.05, 0) is 48.6 Å². The monoisotopic (exact) mass is 401 g/mol. The van der Waals surface area contributed by atoms with Crippen LogP contribution in [0, 0.1) is 0 Å². The second kappa shape index (κ2) is 5.87. The molecule has 6 rings (SSSR count). The maximum absolute atomic E-state index is 12.8. The van der Waals surface area contributed by atoms with Gasteiger partial charge in [0.1, 0.15) is 5.69 Å². The fraction of sp³-hybridized carbons (Fsp3) is 0.429. The van der Waals surface area contributed by atoms with Gasteiger partial charge in [-0.25, -0.2) is 0 Å². The molecule has 2 amide bonds. The number of pyridine rings is 2. The summed E-state index contributed by atoms with van der Waals surface area (Å²) < 4.78 is 38.1. The number of carbonyl (C=O) groups excluding carboxylic acids is 2. The van der Waals surface area contributed by atoms with Crippen LogP contribution in [0.1, 0.15) is 54.8 Å². The molecular formula is C21H18F3N3O2. The standard InChI is InChI=1S/C21H18F3N3O2/c22-21(23,24)16-2-1-13(9-26-16)14-7-17(28)27(18(29)8-14)20-10-19(11-20,12-20)15-3-5-25-6-4-15/h1-6,9,14H,7-8,10-12H2. The summed E-state index contributed by atoms with van der Waals surface area (Å²) in [6.07, 6.45) is 2.66. The number of hydrogen-bond acceptors (Lipinski definition) is 4. The molecule has 3 heterocycles. The van der Waals surface area contributed by atoms with Crippen LogP contribution in [-0.4, -0.2) is 32.2 Å². The quantitative estimate of drug-likeness (QED) is 0.738. The van der Waals surface area contributed by atoms with Crippen LogP contribution >= 0.6 is 0 Å². The molecule has 0 N–H and O–H groups in total. The predicted molar refractivity (Wildman–Crippen MR) is 95.6 cm³/mol. The zero-order chi connectivity index (χ0) is 20.4. The third kappa shape index (κ3) is 2.68. The van der Waals surface area contributed by atoms with E-state index >= 15 is 0 Å². The van der Waals surface area contributed by atoms with Crippen molar-refractivity contribution in [2.45, 2.75) is 55.2 Å². The van der Waals surface area contributed by atoms with E-state index in [1.807, 2.05) is 12.1 Å². The molecule has 5 nitrogen and oxygen atoms in total. The minimum atomic E-state index is -4.51. The van der Waals surface area contributed by atoms with E-state index < -0.39 is 17.8 Å². The first-order valence-corrected chi connectivity index (χ1v) is 9.52. The Morgan fingerprint density at radius 1 is 0.966 bits per heavy atom. The number of piperidine rings is 1. The summed E-state index contributed by atoms with van der Waals surface area (Å²) in [5.41, 5.74) is 0.357. The SMILES string of the molecule is O=C1CC(c2ccc(C(F)(F)F)nc2)CC(=O)N1C12CC(c3ccncc3)(C1)C2. The summed E-state index contributed by atoms with van der Waals surface area (Å²) in [6, 6.07) is 6.18. The van der Waals surface area contributed by atoms with E-state index in [1.165, 1.54) is 16.5 Å². The van der Waals surface area contributed by atoms with Crippen LogP contribution in [0.3, 0.4) is 0 Å². The Labute approximate surface area is 165 Å². The summed E-state index contributed by atoms with van der Waals surface area (Å²) >= 11 is 0. The van der Waals surface area contributed by atoms with Crippen LogP contribution in [0.2, 0.25) is 0 Å². The maximum atomic E-state index is 12.8. The topological polar surface area (TPSA) is 63.2 Å². The normalized spacial score (nSPS) is 29.4. The molecule has 2 aromatic rings. The Morgan fingerprint density at radius 3 is 2.10 bits per heavy atom. The van der Waals surface area contributed by atoms with Gasteiger partial charge in [0, 0.05) is 42.8 Å². The third-order valence-electron chi connectivity index (χ3n) is 6.66. The van der Waals surface area contributed by atoms with Crippen molar-refractivity contribution in [3.63, 3.8) is 0 Å². The first-order valence-electron chi connectivity index (χ1n) is 9.52. The van der Waals surface area contributed by atoms with Gasteiger partial charge >= 0.3 is 6.18 Å². The molecule has 150 valence electrons. The number of carbonyl (C=O) groups is 2. The van der Waals surface area contributed by atoms with Crippen molar-refractivity contribution in [2.24, 2.45) is 0 Å². The van der Waals surface area contributed by atoms with Gasteiger partial charge < -0.3 is 0 Å². The summed E-state index contributed by atoms with van der Waals surface area (Å²) in [7, 11) is 0. The van der Waals surface area contributed by atoms with E-state index in [-0.39, 0.29) is 35.6 Å². The highest BCUT2D eigenvalue weighted by Crippen LogP contribution is 2.70. The van der Waals surface area contributed by atoms with Crippen LogP contribution in [0.25, 0.3) is 0 Å². The largest absolute Gasteiger partial charge is 0.433 e. The molecule has 3 saturated carbocycles. The number of imide groups is 1. The number of aromatic nitrogens is 2. The highest BCUT2D eigenvalue weighted by molar-refractivity contribution is 6.00. The minimum Gasteiger partial charge on any atom is -0.276 e. The molecule has 2 bridgehead atoms. The molecule has 1 aliphatic heterocycles. The van der Waals surface area contributed by atoms with Crippen molar-refractivity contribution in [3.8, 4) is 0 Å². The second-order valence-electron chi connectivity index (χ2n) is 8.47. The fourth-order valence-corrected chi connectivity index (χ4v) is 5.38. The summed E-state index contributed by atoms with van der Waals surface area (Å²) in [6.45, 7) is 0. The zero-order valence-electron chi connectivity index (χ0n) is 15.4. The van der Waals surface area contributed by atoms with Gasteiger partial charge in [0.05, 0.1) is 5.54 Å². The van der Waals surface area contributed by atoms with Gasteiger partial charge in [-0.2, -0.15) is 13.2 Å². The zero-order valence-corrected chi connectivity index (χ0v) is 15.4. The van der Waals surface area contributed by atoms with E-state index in [9.17, 15) is 22.8 Å². The number of halogens is 3. The number of nitrogens with zero attached hydrogens (tertiary/aromatic N) is 3. The van der Waals surface area contributed by atoms with E-state index in [4.69, 9.17) is 0 Å². The van der Waals surface area contributed by atoms with Crippen LogP contribution in [0.15, 0.2) is 42.9 Å². The lowest BCUT2D eigenvalue weighted by atomic mass is 9.36. The third-order valence-corrected chi connectivity index (χ3v) is 6.66. The molecule has 29 heavy (non-hydrogen) atoms. The summed E-state index contributed by atoms with van der Waals surface area (Å²) in [4.78, 5) is 34.6. The lowest BCUT2D eigenvalue weighted by Gasteiger charge is -2.73. The molecule has 0 atom stereocenters. The van der Waals surface area contributed by atoms with Crippen molar-refractivity contribution in [2.75, 3.05) is 0 Å². The number of amides is 2. The Balaban J connectivity index is 1.29. The minimum absolute atomic E-state index is 0.0394. The second-order valence-corrected chi connectivity index (χ2v) is 8.47. The molecule has 8 heteroatoms. The molecule has 4 fully saturated rings. The van der Waals surface area contributed by atoms with Crippen molar-refractivity contribution in [1.29, 1.82) is 0 Å². The van der Waals surface area contributed by atoms with Crippen LogP contribution < -0.4 is 0 Å². The first-order chi connectivity index (χ1) is 13.7. The Hall–Kier alpha value is -2.77. The first kappa shape index (κ1) is 18.3. The highest BCUT2D eigenvalue weighted by atomic mass is 19.4. The number of hydrogen-bond donors (Lipinski definition) is 0. The molecule has 2 aromatic heterocycles. The molecule has 0 aromatic carbocycles. The van der Waals surface area contributed by atoms with Gasteiger partial charge in [-0.3, -0.25) is 24.5 Å². The average molecular weight is 401 g/mol. The maximum Gasteiger partial charge on any atom is 0.433 e. The van der Waals surface area contributed by atoms with Gasteiger partial charge in [0.2, 0.25) is 11.8 Å². The summed E-state index contributed by atoms with van der Waals surface area (Å²) in [5.74, 6) is -0.911. The smallest absolute Gasteiger partial charge is 0.276 e. The van der Waals surface area contributed by atoms with E-state index in [2.05, 4.69) is 9.97 Å². The van der Waals surface area contributed by atoms with Crippen molar-refractivity contribution in [1.82, 2.24) is 14.9 Å². The number of likely N-dealkylation sites (tertiary alicyclic amines) is 1. The molecule has 1 saturated heterocycles. The van der Waals surface area contributed by atoms with E-state index in [0.29, 0.717) is 5.56 Å². The van der Waals surface area contributed by atoms with Crippen molar-refractivity contribution >= 4 is 11.8 Å². The number of rotatable bonds is 3. The Morgan fingerprint density at radius 2 is 1.59 bits per heavy atom. The van der Waals surface area contributed by atoms with Gasteiger partial charge in [-0.1, -0.05) is 6.07 Å². The van der Waals surface area contributed by atoms with E-state index in [1.54, 1.807) is 12.4 Å². The highest BCUT2D eigenvalue weighted by Gasteiger charge is 2.72. The molecular weight excluding hydrogens is 383 g/mol. The van der Waals surface area contributed by atoms with Gasteiger partial charge in [0.25, 0.3) is 0 Å². The molecule has 0 unspecified atom stereocenters. The van der Waals surface area contributed by atoms with Crippen molar-refractivity contribution < 1.29 is 22.8 Å². The Bertz CT molecular complexity index is 951. The van der Waals surface area contributed by atoms with Crippen LogP contribution in [0.5, 0.6) is 0 Å². The van der Waals surface area contributed by atoms with Crippen LogP contribution in [-0.2, 0) is 21.2 Å². The van der Waals surface area contributed by atoms with Crippen LogP contribution in [0.4, 0.5) is 13.2 Å². The Kier molecular flexibility index (Phi) is 3.70.